The Kier molecular flexibility index (Phi) is 6.43. The number of hydrogen-bond donors (Lipinski definition) is 1. The molecule has 0 radical (unpaired) electrons. The molecule has 2 heterocycles. The molecule has 0 aliphatic carbocycles. The summed E-state index contributed by atoms with van der Waals surface area (Å²) in [6, 6.07) is 4.11. The third-order valence-electron chi connectivity index (χ3n) is 3.99. The van der Waals surface area contributed by atoms with E-state index in [0.717, 1.165) is 25.6 Å². The van der Waals surface area contributed by atoms with Crippen LogP contribution in [-0.4, -0.2) is 61.6 Å². The standard InChI is InChI=1S/C16H28N4/c1-19(2)14-15-5-9-20(10-6-15)11-8-18-13-16-4-3-7-17-12-16/h3-4,7,12,15,18H,5-6,8-11,13-14H2,1-2H3. The van der Waals surface area contributed by atoms with Gasteiger partial charge in [-0.15, -0.1) is 0 Å². The molecule has 1 aliphatic heterocycles. The van der Waals surface area contributed by atoms with E-state index in [9.17, 15) is 0 Å². The third kappa shape index (κ3) is 5.57. The molecule has 112 valence electrons. The Morgan fingerprint density at radius 3 is 2.80 bits per heavy atom. The quantitative estimate of drug-likeness (QED) is 0.764. The Hall–Kier alpha value is -0.970. The molecule has 4 nitrogen and oxygen atoms in total. The van der Waals surface area contributed by atoms with Gasteiger partial charge in [-0.05, 0) is 57.6 Å². The predicted octanol–water partition coefficient (Wildman–Crippen LogP) is 1.44. The number of hydrogen-bond acceptors (Lipinski definition) is 4. The minimum atomic E-state index is 0.893. The molecule has 1 N–H and O–H groups in total. The van der Waals surface area contributed by atoms with Crippen molar-refractivity contribution in [3.8, 4) is 0 Å². The molecule has 1 aromatic rings. The fourth-order valence-corrected chi connectivity index (χ4v) is 2.88. The molecule has 0 spiro atoms. The van der Waals surface area contributed by atoms with Gasteiger partial charge in [-0.25, -0.2) is 0 Å². The number of rotatable bonds is 7. The van der Waals surface area contributed by atoms with Gasteiger partial charge in [0.1, 0.15) is 0 Å². The molecule has 0 amide bonds. The highest BCUT2D eigenvalue weighted by Crippen LogP contribution is 2.17. The van der Waals surface area contributed by atoms with Crippen LogP contribution in [0.1, 0.15) is 18.4 Å². The monoisotopic (exact) mass is 276 g/mol. The van der Waals surface area contributed by atoms with Crippen molar-refractivity contribution < 1.29 is 0 Å². The summed E-state index contributed by atoms with van der Waals surface area (Å²) in [6.45, 7) is 6.90. The summed E-state index contributed by atoms with van der Waals surface area (Å²) in [5.41, 5.74) is 1.26. The zero-order valence-corrected chi connectivity index (χ0v) is 12.9. The number of nitrogens with zero attached hydrogens (tertiary/aromatic N) is 3. The molecule has 1 aliphatic rings. The van der Waals surface area contributed by atoms with Crippen LogP contribution in [0.25, 0.3) is 0 Å². The lowest BCUT2D eigenvalue weighted by atomic mass is 9.96. The average molecular weight is 276 g/mol. The summed E-state index contributed by atoms with van der Waals surface area (Å²) < 4.78 is 0. The first-order valence-electron chi connectivity index (χ1n) is 7.71. The van der Waals surface area contributed by atoms with E-state index in [1.54, 1.807) is 0 Å². The van der Waals surface area contributed by atoms with Crippen molar-refractivity contribution >= 4 is 0 Å². The maximum atomic E-state index is 4.13. The van der Waals surface area contributed by atoms with Gasteiger partial charge in [-0.2, -0.15) is 0 Å². The minimum Gasteiger partial charge on any atom is -0.311 e. The minimum absolute atomic E-state index is 0.893. The fourth-order valence-electron chi connectivity index (χ4n) is 2.88. The van der Waals surface area contributed by atoms with Crippen LogP contribution in [0, 0.1) is 5.92 Å². The lowest BCUT2D eigenvalue weighted by Crippen LogP contribution is -2.40. The molecule has 0 saturated carbocycles. The van der Waals surface area contributed by atoms with E-state index in [2.05, 4.69) is 40.3 Å². The summed E-state index contributed by atoms with van der Waals surface area (Å²) in [6.07, 6.45) is 6.45. The highest BCUT2D eigenvalue weighted by Gasteiger charge is 2.18. The van der Waals surface area contributed by atoms with Gasteiger partial charge >= 0.3 is 0 Å². The Labute approximate surface area is 123 Å². The van der Waals surface area contributed by atoms with Gasteiger partial charge in [0.05, 0.1) is 0 Å². The molecule has 2 rings (SSSR count). The van der Waals surface area contributed by atoms with Crippen molar-refractivity contribution in [2.45, 2.75) is 19.4 Å². The number of pyridine rings is 1. The molecule has 0 aromatic carbocycles. The first-order chi connectivity index (χ1) is 9.74. The van der Waals surface area contributed by atoms with E-state index in [0.29, 0.717) is 0 Å². The molecular weight excluding hydrogens is 248 g/mol. The highest BCUT2D eigenvalue weighted by atomic mass is 15.1. The smallest absolute Gasteiger partial charge is 0.0312 e. The first-order valence-corrected chi connectivity index (χ1v) is 7.71. The van der Waals surface area contributed by atoms with Gasteiger partial charge in [-0.3, -0.25) is 4.98 Å². The van der Waals surface area contributed by atoms with Gasteiger partial charge in [0.15, 0.2) is 0 Å². The van der Waals surface area contributed by atoms with Crippen LogP contribution in [0.4, 0.5) is 0 Å². The molecule has 1 fully saturated rings. The average Bonchev–Trinajstić information content (AvgIpc) is 2.46. The van der Waals surface area contributed by atoms with Crippen molar-refractivity contribution in [3.63, 3.8) is 0 Å². The van der Waals surface area contributed by atoms with Gasteiger partial charge in [0.25, 0.3) is 0 Å². The normalized spacial score (nSPS) is 17.8. The first kappa shape index (κ1) is 15.4. The zero-order chi connectivity index (χ0) is 14.2. The molecule has 0 unspecified atom stereocenters. The second-order valence-corrected chi connectivity index (χ2v) is 6.09. The van der Waals surface area contributed by atoms with Crippen molar-refractivity contribution in [1.29, 1.82) is 0 Å². The second kappa shape index (κ2) is 8.35. The van der Waals surface area contributed by atoms with Crippen LogP contribution in [0.15, 0.2) is 24.5 Å². The molecular formula is C16H28N4. The van der Waals surface area contributed by atoms with E-state index in [4.69, 9.17) is 0 Å². The lowest BCUT2D eigenvalue weighted by molar-refractivity contribution is 0.163. The Balaban J connectivity index is 1.55. The van der Waals surface area contributed by atoms with Gasteiger partial charge < -0.3 is 15.1 Å². The Bertz CT molecular complexity index is 358. The van der Waals surface area contributed by atoms with E-state index in [1.807, 2.05) is 18.5 Å². The van der Waals surface area contributed by atoms with E-state index >= 15 is 0 Å². The summed E-state index contributed by atoms with van der Waals surface area (Å²) in [5.74, 6) is 0.893. The fraction of sp³-hybridized carbons (Fsp3) is 0.688. The largest absolute Gasteiger partial charge is 0.311 e. The van der Waals surface area contributed by atoms with Crippen molar-refractivity contribution in [2.24, 2.45) is 5.92 Å². The molecule has 0 atom stereocenters. The lowest BCUT2D eigenvalue weighted by Gasteiger charge is -2.33. The van der Waals surface area contributed by atoms with E-state index in [-0.39, 0.29) is 0 Å². The van der Waals surface area contributed by atoms with Crippen LogP contribution >= 0.6 is 0 Å². The Morgan fingerprint density at radius 2 is 2.15 bits per heavy atom. The molecule has 0 bridgehead atoms. The maximum Gasteiger partial charge on any atom is 0.0312 e. The number of likely N-dealkylation sites (tertiary alicyclic amines) is 1. The SMILES string of the molecule is CN(C)CC1CCN(CCNCc2cccnc2)CC1. The van der Waals surface area contributed by atoms with Crippen LogP contribution in [0.2, 0.25) is 0 Å². The number of aromatic nitrogens is 1. The van der Waals surface area contributed by atoms with E-state index in [1.165, 1.54) is 38.0 Å². The van der Waals surface area contributed by atoms with Crippen molar-refractivity contribution in [2.75, 3.05) is 46.8 Å². The van der Waals surface area contributed by atoms with Crippen molar-refractivity contribution in [1.82, 2.24) is 20.1 Å². The van der Waals surface area contributed by atoms with Crippen molar-refractivity contribution in [3.05, 3.63) is 30.1 Å². The summed E-state index contributed by atoms with van der Waals surface area (Å²) in [4.78, 5) is 9.03. The second-order valence-electron chi connectivity index (χ2n) is 6.09. The van der Waals surface area contributed by atoms with Gasteiger partial charge in [0, 0.05) is 38.6 Å². The maximum absolute atomic E-state index is 4.13. The number of nitrogens with one attached hydrogen (secondary N) is 1. The summed E-state index contributed by atoms with van der Waals surface area (Å²) in [5, 5.41) is 3.50. The highest BCUT2D eigenvalue weighted by molar-refractivity contribution is 5.07. The van der Waals surface area contributed by atoms with E-state index < -0.39 is 0 Å². The zero-order valence-electron chi connectivity index (χ0n) is 12.9. The molecule has 20 heavy (non-hydrogen) atoms. The van der Waals surface area contributed by atoms with Gasteiger partial charge in [-0.1, -0.05) is 6.07 Å². The van der Waals surface area contributed by atoms with Crippen LogP contribution < -0.4 is 5.32 Å². The van der Waals surface area contributed by atoms with Crippen LogP contribution in [0.3, 0.4) is 0 Å². The van der Waals surface area contributed by atoms with Crippen LogP contribution in [-0.2, 0) is 6.54 Å². The number of piperidine rings is 1. The summed E-state index contributed by atoms with van der Waals surface area (Å²) >= 11 is 0. The molecule has 1 saturated heterocycles. The topological polar surface area (TPSA) is 31.4 Å². The summed E-state index contributed by atoms with van der Waals surface area (Å²) in [7, 11) is 4.35. The Morgan fingerprint density at radius 1 is 1.35 bits per heavy atom. The van der Waals surface area contributed by atoms with Crippen LogP contribution in [0.5, 0.6) is 0 Å². The predicted molar refractivity (Wildman–Crippen MR) is 83.7 cm³/mol. The third-order valence-corrected chi connectivity index (χ3v) is 3.99. The molecule has 1 aromatic heterocycles. The van der Waals surface area contributed by atoms with Gasteiger partial charge in [0.2, 0.25) is 0 Å². The molecule has 4 heteroatoms.